The molecule has 0 amide bonds. The average Bonchev–Trinajstić information content (AvgIpc) is 2.79. The van der Waals surface area contributed by atoms with E-state index in [4.69, 9.17) is 4.74 Å². The first kappa shape index (κ1) is 17.8. The first-order chi connectivity index (χ1) is 10.8. The minimum Gasteiger partial charge on any atom is -0.461 e. The standard InChI is InChI=1S/C14H19N3O4S2/c1-4-21-14(18)13-10(2)16-11-6-5-7-12(17(11)13)22-9-8-15-23(3,19)20/h5-7,15H,4,8-9H2,1-3H3. The second kappa shape index (κ2) is 7.33. The Morgan fingerprint density at radius 3 is 2.83 bits per heavy atom. The van der Waals surface area contributed by atoms with Crippen LogP contribution < -0.4 is 4.72 Å². The van der Waals surface area contributed by atoms with E-state index in [1.807, 2.05) is 18.2 Å². The van der Waals surface area contributed by atoms with Gasteiger partial charge in [0.2, 0.25) is 10.0 Å². The summed E-state index contributed by atoms with van der Waals surface area (Å²) in [6.45, 7) is 4.11. The van der Waals surface area contributed by atoms with Crippen molar-refractivity contribution in [1.82, 2.24) is 14.1 Å². The molecule has 0 aliphatic heterocycles. The van der Waals surface area contributed by atoms with E-state index < -0.39 is 16.0 Å². The third-order valence-electron chi connectivity index (χ3n) is 2.97. The van der Waals surface area contributed by atoms with E-state index in [1.54, 1.807) is 18.2 Å². The summed E-state index contributed by atoms with van der Waals surface area (Å²) in [4.78, 5) is 16.6. The van der Waals surface area contributed by atoms with Crippen LogP contribution in [0.1, 0.15) is 23.1 Å². The van der Waals surface area contributed by atoms with Crippen LogP contribution in [0.5, 0.6) is 0 Å². The van der Waals surface area contributed by atoms with Crippen molar-refractivity contribution in [3.63, 3.8) is 0 Å². The number of hydrogen-bond acceptors (Lipinski definition) is 6. The van der Waals surface area contributed by atoms with Crippen molar-refractivity contribution < 1.29 is 17.9 Å². The van der Waals surface area contributed by atoms with E-state index >= 15 is 0 Å². The summed E-state index contributed by atoms with van der Waals surface area (Å²) >= 11 is 1.44. The lowest BCUT2D eigenvalue weighted by molar-refractivity contribution is 0.0516. The van der Waals surface area contributed by atoms with Gasteiger partial charge in [-0.25, -0.2) is 22.9 Å². The number of aryl methyl sites for hydroxylation is 1. The molecule has 0 saturated heterocycles. The minimum absolute atomic E-state index is 0.291. The number of hydrogen-bond donors (Lipinski definition) is 1. The zero-order valence-corrected chi connectivity index (χ0v) is 14.8. The molecular formula is C14H19N3O4S2. The molecule has 1 N–H and O–H groups in total. The Morgan fingerprint density at radius 1 is 1.43 bits per heavy atom. The SMILES string of the molecule is CCOC(=O)c1c(C)nc2cccc(SCCNS(C)(=O)=O)n12. The van der Waals surface area contributed by atoms with Crippen LogP contribution in [0.2, 0.25) is 0 Å². The summed E-state index contributed by atoms with van der Waals surface area (Å²) < 4.78 is 31.4. The van der Waals surface area contributed by atoms with Gasteiger partial charge in [-0.2, -0.15) is 0 Å². The number of fused-ring (bicyclic) bond motifs is 1. The van der Waals surface area contributed by atoms with Crippen LogP contribution in [0.4, 0.5) is 0 Å². The molecule has 23 heavy (non-hydrogen) atoms. The van der Waals surface area contributed by atoms with Crippen molar-refractivity contribution in [3.8, 4) is 0 Å². The van der Waals surface area contributed by atoms with Crippen LogP contribution in [-0.4, -0.2) is 48.9 Å². The van der Waals surface area contributed by atoms with Gasteiger partial charge in [-0.05, 0) is 26.0 Å². The third-order valence-corrected chi connectivity index (χ3v) is 4.72. The predicted octanol–water partition coefficient (Wildman–Crippen LogP) is 1.46. The summed E-state index contributed by atoms with van der Waals surface area (Å²) in [6, 6.07) is 5.53. The Hall–Kier alpha value is -1.58. The Labute approximate surface area is 139 Å². The molecule has 9 heteroatoms. The molecule has 126 valence electrons. The van der Waals surface area contributed by atoms with Gasteiger partial charge in [0.05, 0.1) is 23.6 Å². The van der Waals surface area contributed by atoms with Gasteiger partial charge in [0.15, 0.2) is 5.69 Å². The molecule has 2 heterocycles. The fourth-order valence-electron chi connectivity index (χ4n) is 2.11. The van der Waals surface area contributed by atoms with Crippen molar-refractivity contribution >= 4 is 33.4 Å². The van der Waals surface area contributed by atoms with Gasteiger partial charge in [0, 0.05) is 12.3 Å². The highest BCUT2D eigenvalue weighted by atomic mass is 32.2. The summed E-state index contributed by atoms with van der Waals surface area (Å²) in [5, 5.41) is 0.807. The number of aromatic nitrogens is 2. The second-order valence-electron chi connectivity index (χ2n) is 4.84. The van der Waals surface area contributed by atoms with E-state index in [-0.39, 0.29) is 0 Å². The minimum atomic E-state index is -3.20. The number of rotatable bonds is 7. The molecule has 7 nitrogen and oxygen atoms in total. The topological polar surface area (TPSA) is 89.8 Å². The number of nitrogens with zero attached hydrogens (tertiary/aromatic N) is 2. The average molecular weight is 357 g/mol. The molecule has 0 aromatic carbocycles. The maximum absolute atomic E-state index is 12.2. The molecule has 0 saturated carbocycles. The molecule has 0 radical (unpaired) electrons. The van der Waals surface area contributed by atoms with E-state index in [0.717, 1.165) is 11.3 Å². The number of pyridine rings is 1. The number of esters is 1. The molecular weight excluding hydrogens is 338 g/mol. The fraction of sp³-hybridized carbons (Fsp3) is 0.429. The largest absolute Gasteiger partial charge is 0.461 e. The van der Waals surface area contributed by atoms with Crippen molar-refractivity contribution in [2.24, 2.45) is 0 Å². The van der Waals surface area contributed by atoms with Crippen molar-refractivity contribution in [2.45, 2.75) is 18.9 Å². The van der Waals surface area contributed by atoms with Gasteiger partial charge in [-0.3, -0.25) is 4.40 Å². The number of imidazole rings is 1. The normalized spacial score (nSPS) is 11.8. The van der Waals surface area contributed by atoms with Crippen molar-refractivity contribution in [3.05, 3.63) is 29.6 Å². The van der Waals surface area contributed by atoms with E-state index in [9.17, 15) is 13.2 Å². The summed E-state index contributed by atoms with van der Waals surface area (Å²) in [5.41, 5.74) is 1.67. The molecule has 0 spiro atoms. The number of ether oxygens (including phenoxy) is 1. The molecule has 0 aliphatic rings. The van der Waals surface area contributed by atoms with Crippen LogP contribution >= 0.6 is 11.8 Å². The molecule has 0 atom stereocenters. The maximum atomic E-state index is 12.2. The summed E-state index contributed by atoms with van der Waals surface area (Å²) in [7, 11) is -3.20. The maximum Gasteiger partial charge on any atom is 0.357 e. The first-order valence-corrected chi connectivity index (χ1v) is 9.94. The highest BCUT2D eigenvalue weighted by Crippen LogP contribution is 2.23. The molecule has 2 rings (SSSR count). The van der Waals surface area contributed by atoms with Crippen molar-refractivity contribution in [1.29, 1.82) is 0 Å². The van der Waals surface area contributed by atoms with Gasteiger partial charge >= 0.3 is 5.97 Å². The first-order valence-electron chi connectivity index (χ1n) is 7.06. The quantitative estimate of drug-likeness (QED) is 0.458. The monoisotopic (exact) mass is 357 g/mol. The van der Waals surface area contributed by atoms with Crippen LogP contribution in [0.25, 0.3) is 5.65 Å². The van der Waals surface area contributed by atoms with Gasteiger partial charge < -0.3 is 4.74 Å². The summed E-state index contributed by atoms with van der Waals surface area (Å²) in [6.07, 6.45) is 1.12. The van der Waals surface area contributed by atoms with E-state index in [1.165, 1.54) is 11.8 Å². The molecule has 0 bridgehead atoms. The predicted molar refractivity (Wildman–Crippen MR) is 89.5 cm³/mol. The summed E-state index contributed by atoms with van der Waals surface area (Å²) in [5.74, 6) is 0.117. The van der Waals surface area contributed by atoms with Crippen molar-refractivity contribution in [2.75, 3.05) is 25.2 Å². The number of sulfonamides is 1. The Morgan fingerprint density at radius 2 is 2.17 bits per heavy atom. The van der Waals surface area contributed by atoms with Gasteiger partial charge in [-0.15, -0.1) is 11.8 Å². The number of nitrogens with one attached hydrogen (secondary N) is 1. The zero-order valence-electron chi connectivity index (χ0n) is 13.2. The van der Waals surface area contributed by atoms with Gasteiger partial charge in [0.25, 0.3) is 0 Å². The molecule has 2 aromatic heterocycles. The smallest absolute Gasteiger partial charge is 0.357 e. The van der Waals surface area contributed by atoms with Crippen LogP contribution in [0.15, 0.2) is 23.2 Å². The molecule has 2 aromatic rings. The Balaban J connectivity index is 2.27. The number of carbonyl (C=O) groups excluding carboxylic acids is 1. The molecule has 0 unspecified atom stereocenters. The van der Waals surface area contributed by atoms with Crippen LogP contribution in [-0.2, 0) is 14.8 Å². The zero-order chi connectivity index (χ0) is 17.0. The van der Waals surface area contributed by atoms with E-state index in [2.05, 4.69) is 9.71 Å². The van der Waals surface area contributed by atoms with Gasteiger partial charge in [0.1, 0.15) is 5.65 Å². The van der Waals surface area contributed by atoms with Crippen LogP contribution in [0.3, 0.4) is 0 Å². The Bertz CT molecular complexity index is 815. The Kier molecular flexibility index (Phi) is 5.66. The lowest BCUT2D eigenvalue weighted by Crippen LogP contribution is -2.24. The molecule has 0 fully saturated rings. The van der Waals surface area contributed by atoms with Gasteiger partial charge in [-0.1, -0.05) is 6.07 Å². The fourth-order valence-corrected chi connectivity index (χ4v) is 3.61. The lowest BCUT2D eigenvalue weighted by atomic mass is 10.3. The number of thioether (sulfide) groups is 1. The molecule has 0 aliphatic carbocycles. The highest BCUT2D eigenvalue weighted by molar-refractivity contribution is 7.99. The number of carbonyl (C=O) groups is 1. The second-order valence-corrected chi connectivity index (χ2v) is 7.79. The third kappa shape index (κ3) is 4.46. The van der Waals surface area contributed by atoms with E-state index in [0.29, 0.717) is 35.9 Å². The highest BCUT2D eigenvalue weighted by Gasteiger charge is 2.19. The lowest BCUT2D eigenvalue weighted by Gasteiger charge is -2.09. The van der Waals surface area contributed by atoms with Crippen LogP contribution in [0, 0.1) is 6.92 Å².